The third-order valence-electron chi connectivity index (χ3n) is 6.45. The predicted molar refractivity (Wildman–Crippen MR) is 97.9 cm³/mol. The number of pyridine rings is 1. The Morgan fingerprint density at radius 3 is 2.54 bits per heavy atom. The van der Waals surface area contributed by atoms with Crippen LogP contribution in [0.25, 0.3) is 0 Å². The lowest BCUT2D eigenvalue weighted by Gasteiger charge is -2.39. The highest BCUT2D eigenvalue weighted by atomic mass is 15.3. The Morgan fingerprint density at radius 2 is 1.96 bits per heavy atom. The Hall–Kier alpha value is -1.60. The molecule has 0 radical (unpaired) electrons. The molecule has 3 rings (SSSR count). The molecule has 4 nitrogen and oxygen atoms in total. The molecule has 1 aliphatic carbocycles. The van der Waals surface area contributed by atoms with Crippen LogP contribution >= 0.6 is 0 Å². The van der Waals surface area contributed by atoms with Crippen LogP contribution in [0.4, 0.5) is 5.82 Å². The summed E-state index contributed by atoms with van der Waals surface area (Å²) in [6.07, 6.45) is 7.08. The van der Waals surface area contributed by atoms with Crippen molar-refractivity contribution in [1.82, 2.24) is 9.88 Å². The van der Waals surface area contributed by atoms with E-state index < -0.39 is 0 Å². The minimum atomic E-state index is 0.489. The molecular formula is C20H30N4. The molecule has 1 saturated carbocycles. The molecule has 0 spiro atoms. The van der Waals surface area contributed by atoms with E-state index in [2.05, 4.69) is 41.6 Å². The van der Waals surface area contributed by atoms with E-state index in [1.807, 2.05) is 12.1 Å². The van der Waals surface area contributed by atoms with Gasteiger partial charge in [0.1, 0.15) is 11.9 Å². The van der Waals surface area contributed by atoms with E-state index in [0.29, 0.717) is 11.0 Å². The molecule has 1 aromatic heterocycles. The summed E-state index contributed by atoms with van der Waals surface area (Å²) in [5.74, 6) is 1.88. The summed E-state index contributed by atoms with van der Waals surface area (Å²) >= 11 is 0. The standard InChI is InChI=1S/C20H30N4/c1-4-20(2,3)17-6-7-18(13-17)23-9-11-24(12-10-23)19-8-5-16(14-21)15-22-19/h5,8,15,17-18H,4,6-7,9-13H2,1-3H3/t17?,18-/m1/s1. The molecule has 0 bridgehead atoms. The lowest BCUT2D eigenvalue weighted by atomic mass is 9.76. The van der Waals surface area contributed by atoms with Gasteiger partial charge in [-0.1, -0.05) is 27.2 Å². The van der Waals surface area contributed by atoms with E-state index in [9.17, 15) is 0 Å². The second-order valence-corrected chi connectivity index (χ2v) is 8.05. The Kier molecular flexibility index (Phi) is 5.10. The van der Waals surface area contributed by atoms with Gasteiger partial charge in [0.2, 0.25) is 0 Å². The Bertz CT molecular complexity index is 579. The van der Waals surface area contributed by atoms with Gasteiger partial charge in [0.15, 0.2) is 0 Å². The van der Waals surface area contributed by atoms with Gasteiger partial charge >= 0.3 is 0 Å². The molecule has 1 saturated heterocycles. The van der Waals surface area contributed by atoms with Gasteiger partial charge in [0.25, 0.3) is 0 Å². The maximum Gasteiger partial charge on any atom is 0.128 e. The van der Waals surface area contributed by atoms with Crippen molar-refractivity contribution in [2.75, 3.05) is 31.1 Å². The molecule has 2 fully saturated rings. The zero-order valence-corrected chi connectivity index (χ0v) is 15.3. The number of piperazine rings is 1. The molecule has 0 amide bonds. The van der Waals surface area contributed by atoms with Crippen LogP contribution < -0.4 is 4.90 Å². The quantitative estimate of drug-likeness (QED) is 0.846. The lowest BCUT2D eigenvalue weighted by molar-refractivity contribution is 0.158. The normalized spacial score (nSPS) is 25.7. The number of aromatic nitrogens is 1. The third kappa shape index (κ3) is 3.57. The summed E-state index contributed by atoms with van der Waals surface area (Å²) in [7, 11) is 0. The summed E-state index contributed by atoms with van der Waals surface area (Å²) in [4.78, 5) is 9.48. The highest BCUT2D eigenvalue weighted by Gasteiger charge is 2.37. The van der Waals surface area contributed by atoms with Gasteiger partial charge in [0, 0.05) is 38.4 Å². The molecule has 2 heterocycles. The summed E-state index contributed by atoms with van der Waals surface area (Å²) in [5, 5.41) is 8.88. The topological polar surface area (TPSA) is 43.2 Å². The maximum absolute atomic E-state index is 8.88. The first-order chi connectivity index (χ1) is 11.5. The average Bonchev–Trinajstić information content (AvgIpc) is 3.13. The molecule has 0 aromatic carbocycles. The minimum absolute atomic E-state index is 0.489. The van der Waals surface area contributed by atoms with Crippen LogP contribution in [-0.2, 0) is 0 Å². The fraction of sp³-hybridized carbons (Fsp3) is 0.700. The smallest absolute Gasteiger partial charge is 0.128 e. The third-order valence-corrected chi connectivity index (χ3v) is 6.45. The van der Waals surface area contributed by atoms with E-state index in [1.54, 1.807) is 6.20 Å². The Morgan fingerprint density at radius 1 is 1.21 bits per heavy atom. The van der Waals surface area contributed by atoms with E-state index in [1.165, 1.54) is 25.7 Å². The van der Waals surface area contributed by atoms with Crippen LogP contribution in [0.2, 0.25) is 0 Å². The number of rotatable bonds is 4. The van der Waals surface area contributed by atoms with E-state index >= 15 is 0 Å². The van der Waals surface area contributed by atoms with Gasteiger partial charge in [-0.3, -0.25) is 4.90 Å². The van der Waals surface area contributed by atoms with Crippen molar-refractivity contribution in [2.45, 2.75) is 52.5 Å². The van der Waals surface area contributed by atoms with Crippen LogP contribution in [0.5, 0.6) is 0 Å². The van der Waals surface area contributed by atoms with E-state index in [-0.39, 0.29) is 0 Å². The predicted octanol–water partition coefficient (Wildman–Crippen LogP) is 3.68. The van der Waals surface area contributed by atoms with Gasteiger partial charge < -0.3 is 4.90 Å². The Labute approximate surface area is 146 Å². The highest BCUT2D eigenvalue weighted by Crippen LogP contribution is 2.43. The van der Waals surface area contributed by atoms with Crippen molar-refractivity contribution in [3.8, 4) is 6.07 Å². The monoisotopic (exact) mass is 326 g/mol. The largest absolute Gasteiger partial charge is 0.354 e. The van der Waals surface area contributed by atoms with Crippen molar-refractivity contribution < 1.29 is 0 Å². The molecule has 2 aliphatic rings. The van der Waals surface area contributed by atoms with Crippen LogP contribution in [-0.4, -0.2) is 42.1 Å². The second kappa shape index (κ2) is 7.11. The zero-order valence-electron chi connectivity index (χ0n) is 15.3. The Balaban J connectivity index is 1.53. The first-order valence-electron chi connectivity index (χ1n) is 9.38. The highest BCUT2D eigenvalue weighted by molar-refractivity contribution is 5.42. The van der Waals surface area contributed by atoms with Gasteiger partial charge in [-0.2, -0.15) is 5.26 Å². The molecule has 24 heavy (non-hydrogen) atoms. The summed E-state index contributed by atoms with van der Waals surface area (Å²) < 4.78 is 0. The van der Waals surface area contributed by atoms with Gasteiger partial charge in [-0.15, -0.1) is 0 Å². The van der Waals surface area contributed by atoms with Crippen LogP contribution in [0.15, 0.2) is 18.3 Å². The molecule has 4 heteroatoms. The van der Waals surface area contributed by atoms with Crippen LogP contribution in [0, 0.1) is 22.7 Å². The number of nitriles is 1. The molecule has 1 aliphatic heterocycles. The minimum Gasteiger partial charge on any atom is -0.354 e. The molecule has 2 atom stereocenters. The first-order valence-corrected chi connectivity index (χ1v) is 9.38. The second-order valence-electron chi connectivity index (χ2n) is 8.05. The van der Waals surface area contributed by atoms with E-state index in [4.69, 9.17) is 5.26 Å². The van der Waals surface area contributed by atoms with Crippen molar-refractivity contribution >= 4 is 5.82 Å². The van der Waals surface area contributed by atoms with Crippen molar-refractivity contribution in [1.29, 1.82) is 5.26 Å². The molecule has 130 valence electrons. The number of hydrogen-bond acceptors (Lipinski definition) is 4. The van der Waals surface area contributed by atoms with Crippen LogP contribution in [0.1, 0.15) is 52.0 Å². The van der Waals surface area contributed by atoms with Crippen molar-refractivity contribution in [3.63, 3.8) is 0 Å². The van der Waals surface area contributed by atoms with Gasteiger partial charge in [-0.25, -0.2) is 4.98 Å². The lowest BCUT2D eigenvalue weighted by Crippen LogP contribution is -2.50. The maximum atomic E-state index is 8.88. The first kappa shape index (κ1) is 17.2. The summed E-state index contributed by atoms with van der Waals surface area (Å²) in [6, 6.07) is 6.75. The number of anilines is 1. The van der Waals surface area contributed by atoms with Gasteiger partial charge in [0.05, 0.1) is 5.56 Å². The molecule has 1 aromatic rings. The number of nitrogens with zero attached hydrogens (tertiary/aromatic N) is 4. The molecule has 0 N–H and O–H groups in total. The fourth-order valence-electron chi connectivity index (χ4n) is 4.24. The SMILES string of the molecule is CCC(C)(C)C1CC[C@@H](N2CCN(c3ccc(C#N)cn3)CC2)C1. The molecular weight excluding hydrogens is 296 g/mol. The van der Waals surface area contributed by atoms with Crippen LogP contribution in [0.3, 0.4) is 0 Å². The van der Waals surface area contributed by atoms with Crippen molar-refractivity contribution in [2.24, 2.45) is 11.3 Å². The van der Waals surface area contributed by atoms with E-state index in [0.717, 1.165) is 44.0 Å². The van der Waals surface area contributed by atoms with Gasteiger partial charge in [-0.05, 0) is 42.7 Å². The fourth-order valence-corrected chi connectivity index (χ4v) is 4.24. The summed E-state index contributed by atoms with van der Waals surface area (Å²) in [5.41, 5.74) is 1.12. The summed E-state index contributed by atoms with van der Waals surface area (Å²) in [6.45, 7) is 11.5. The average molecular weight is 326 g/mol. The zero-order chi connectivity index (χ0) is 17.2. The van der Waals surface area contributed by atoms with Crippen molar-refractivity contribution in [3.05, 3.63) is 23.9 Å². The number of hydrogen-bond donors (Lipinski definition) is 0. The molecule has 1 unspecified atom stereocenters.